The third kappa shape index (κ3) is 5.38. The zero-order valence-corrected chi connectivity index (χ0v) is 11.2. The molecule has 0 saturated heterocycles. The van der Waals surface area contributed by atoms with Crippen molar-refractivity contribution in [3.63, 3.8) is 0 Å². The first kappa shape index (κ1) is 15.6. The van der Waals surface area contributed by atoms with Crippen LogP contribution < -0.4 is 0 Å². The van der Waals surface area contributed by atoms with E-state index in [1.165, 1.54) is 6.08 Å². The molecule has 7 heteroatoms. The molecule has 3 nitrogen and oxygen atoms in total. The lowest BCUT2D eigenvalue weighted by Gasteiger charge is -2.07. The largest absolute Gasteiger partial charge is 0.432 e. The van der Waals surface area contributed by atoms with Crippen LogP contribution in [0.2, 0.25) is 5.15 Å². The molecule has 0 spiro atoms. The van der Waals surface area contributed by atoms with Gasteiger partial charge in [-0.05, 0) is 30.5 Å². The second kappa shape index (κ2) is 6.65. The zero-order valence-electron chi connectivity index (χ0n) is 10.4. The lowest BCUT2D eigenvalue weighted by Crippen LogP contribution is -2.20. The summed E-state index contributed by atoms with van der Waals surface area (Å²) in [5, 5.41) is 7.80. The summed E-state index contributed by atoms with van der Waals surface area (Å²) in [7, 11) is 1.11. The number of nitrogens with zero attached hydrogens (tertiary/aromatic N) is 3. The van der Waals surface area contributed by atoms with Gasteiger partial charge in [0.1, 0.15) is 5.71 Å². The highest BCUT2D eigenvalue weighted by Gasteiger charge is 2.33. The molecule has 1 aromatic rings. The van der Waals surface area contributed by atoms with Crippen LogP contribution >= 0.6 is 11.6 Å². The van der Waals surface area contributed by atoms with Gasteiger partial charge in [0.2, 0.25) is 0 Å². The highest BCUT2D eigenvalue weighted by Crippen LogP contribution is 2.19. The predicted molar refractivity (Wildman–Crippen MR) is 68.5 cm³/mol. The van der Waals surface area contributed by atoms with Crippen LogP contribution in [0.4, 0.5) is 13.2 Å². The molecule has 1 aromatic heterocycles. The maximum absolute atomic E-state index is 12.4. The van der Waals surface area contributed by atoms with E-state index >= 15 is 0 Å². The molecule has 1 rings (SSSR count). The number of halogens is 4. The van der Waals surface area contributed by atoms with Crippen LogP contribution in [0.25, 0.3) is 0 Å². The quantitative estimate of drug-likeness (QED) is 0.796. The molecule has 0 radical (unpaired) electrons. The van der Waals surface area contributed by atoms with Crippen molar-refractivity contribution in [2.24, 2.45) is 10.9 Å². The Balaban J connectivity index is 2.65. The van der Waals surface area contributed by atoms with Gasteiger partial charge in [-0.3, -0.25) is 4.99 Å². The maximum Gasteiger partial charge on any atom is 0.432 e. The minimum Gasteiger partial charge on any atom is -0.284 e. The molecular formula is C12H13ClF3N3. The van der Waals surface area contributed by atoms with Crippen LogP contribution in [0.3, 0.4) is 0 Å². The van der Waals surface area contributed by atoms with Gasteiger partial charge in [-0.1, -0.05) is 24.6 Å². The van der Waals surface area contributed by atoms with Gasteiger partial charge in [0, 0.05) is 7.05 Å². The third-order valence-corrected chi connectivity index (χ3v) is 2.53. The Morgan fingerprint density at radius 2 is 2.11 bits per heavy atom. The topological polar surface area (TPSA) is 38.1 Å². The van der Waals surface area contributed by atoms with Gasteiger partial charge in [0.15, 0.2) is 5.15 Å². The van der Waals surface area contributed by atoms with Gasteiger partial charge in [-0.2, -0.15) is 18.3 Å². The summed E-state index contributed by atoms with van der Waals surface area (Å²) >= 11 is 5.59. The monoisotopic (exact) mass is 291 g/mol. The van der Waals surface area contributed by atoms with E-state index in [0.29, 0.717) is 12.1 Å². The first-order valence-corrected chi connectivity index (χ1v) is 5.91. The van der Waals surface area contributed by atoms with E-state index in [-0.39, 0.29) is 11.1 Å². The minimum absolute atomic E-state index is 0.116. The summed E-state index contributed by atoms with van der Waals surface area (Å²) in [6, 6.07) is 3.28. The van der Waals surface area contributed by atoms with Gasteiger partial charge in [-0.25, -0.2) is 0 Å². The molecule has 1 unspecified atom stereocenters. The molecule has 1 heterocycles. The van der Waals surface area contributed by atoms with Crippen molar-refractivity contribution in [1.29, 1.82) is 0 Å². The fourth-order valence-corrected chi connectivity index (χ4v) is 1.50. The van der Waals surface area contributed by atoms with Gasteiger partial charge in [0.25, 0.3) is 0 Å². The van der Waals surface area contributed by atoms with Gasteiger partial charge < -0.3 is 0 Å². The number of hydrogen-bond donors (Lipinski definition) is 0. The summed E-state index contributed by atoms with van der Waals surface area (Å²) in [6.45, 7) is 1.79. The lowest BCUT2D eigenvalue weighted by molar-refractivity contribution is -0.0577. The fourth-order valence-electron chi connectivity index (χ4n) is 1.40. The summed E-state index contributed by atoms with van der Waals surface area (Å²) in [5.41, 5.74) is -0.231. The van der Waals surface area contributed by atoms with E-state index in [4.69, 9.17) is 11.6 Å². The summed E-state index contributed by atoms with van der Waals surface area (Å²) in [5.74, 6) is -0.116. The van der Waals surface area contributed by atoms with Crippen LogP contribution in [-0.4, -0.2) is 29.1 Å². The van der Waals surface area contributed by atoms with E-state index in [1.807, 2.05) is 0 Å². The second-order valence-corrected chi connectivity index (χ2v) is 4.38. The van der Waals surface area contributed by atoms with E-state index in [2.05, 4.69) is 15.2 Å². The van der Waals surface area contributed by atoms with Gasteiger partial charge in [-0.15, -0.1) is 5.10 Å². The SMILES string of the molecule is CN=C(/C=C\C(C)Cc1ccc(Cl)nn1)C(F)(F)F. The Morgan fingerprint density at radius 1 is 1.42 bits per heavy atom. The van der Waals surface area contributed by atoms with E-state index in [9.17, 15) is 13.2 Å². The van der Waals surface area contributed by atoms with Crippen molar-refractivity contribution in [3.05, 3.63) is 35.1 Å². The molecule has 0 bridgehead atoms. The Labute approximate surface area is 114 Å². The molecule has 0 fully saturated rings. The first-order valence-electron chi connectivity index (χ1n) is 5.53. The Kier molecular flexibility index (Phi) is 5.47. The number of hydrogen-bond acceptors (Lipinski definition) is 3. The summed E-state index contributed by atoms with van der Waals surface area (Å²) in [6.07, 6.45) is -1.51. The van der Waals surface area contributed by atoms with Crippen molar-refractivity contribution in [2.45, 2.75) is 19.5 Å². The lowest BCUT2D eigenvalue weighted by atomic mass is 10.0. The Morgan fingerprint density at radius 3 is 2.58 bits per heavy atom. The van der Waals surface area contributed by atoms with Crippen LogP contribution in [0, 0.1) is 5.92 Å². The number of rotatable bonds is 4. The fraction of sp³-hybridized carbons (Fsp3) is 0.417. The average Bonchev–Trinajstić information content (AvgIpc) is 2.31. The van der Waals surface area contributed by atoms with Crippen molar-refractivity contribution < 1.29 is 13.2 Å². The summed E-state index contributed by atoms with van der Waals surface area (Å²) in [4.78, 5) is 3.21. The number of allylic oxidation sites excluding steroid dienone is 2. The predicted octanol–water partition coefficient (Wildman–Crippen LogP) is 3.50. The molecule has 104 valence electrons. The van der Waals surface area contributed by atoms with E-state index in [1.54, 1.807) is 19.1 Å². The van der Waals surface area contributed by atoms with Gasteiger partial charge >= 0.3 is 6.18 Å². The van der Waals surface area contributed by atoms with Crippen LogP contribution in [-0.2, 0) is 6.42 Å². The minimum atomic E-state index is -4.43. The number of aromatic nitrogens is 2. The molecule has 0 aliphatic rings. The molecular weight excluding hydrogens is 279 g/mol. The molecule has 0 aliphatic heterocycles. The maximum atomic E-state index is 12.4. The Hall–Kier alpha value is -1.43. The summed E-state index contributed by atoms with van der Waals surface area (Å²) < 4.78 is 37.3. The highest BCUT2D eigenvalue weighted by atomic mass is 35.5. The smallest absolute Gasteiger partial charge is 0.284 e. The second-order valence-electron chi connectivity index (χ2n) is 3.99. The Bertz CT molecular complexity index is 466. The van der Waals surface area contributed by atoms with E-state index < -0.39 is 11.9 Å². The molecule has 19 heavy (non-hydrogen) atoms. The third-order valence-electron chi connectivity index (χ3n) is 2.33. The number of alkyl halides is 3. The van der Waals surface area contributed by atoms with Gasteiger partial charge in [0.05, 0.1) is 5.69 Å². The molecule has 0 N–H and O–H groups in total. The molecule has 1 atom stereocenters. The van der Waals surface area contributed by atoms with Crippen molar-refractivity contribution >= 4 is 17.3 Å². The highest BCUT2D eigenvalue weighted by molar-refractivity contribution is 6.29. The molecule has 0 amide bonds. The number of aliphatic imine (C=N–C) groups is 1. The van der Waals surface area contributed by atoms with Crippen molar-refractivity contribution in [1.82, 2.24) is 10.2 Å². The zero-order chi connectivity index (χ0) is 14.5. The molecule has 0 aliphatic carbocycles. The average molecular weight is 292 g/mol. The molecule has 0 aromatic carbocycles. The normalized spacial score (nSPS) is 14.9. The van der Waals surface area contributed by atoms with Crippen LogP contribution in [0.15, 0.2) is 29.3 Å². The molecule has 0 saturated carbocycles. The van der Waals surface area contributed by atoms with E-state index in [0.717, 1.165) is 13.1 Å². The van der Waals surface area contributed by atoms with Crippen LogP contribution in [0.5, 0.6) is 0 Å². The van der Waals surface area contributed by atoms with Crippen molar-refractivity contribution in [3.8, 4) is 0 Å². The first-order chi connectivity index (χ1) is 8.82. The standard InChI is InChI=1S/C12H13ClF3N3/c1-8(3-5-10(17-2)12(14,15)16)7-9-4-6-11(13)19-18-9/h3-6,8H,7H2,1-2H3/b5-3-,17-10?. The van der Waals surface area contributed by atoms with Crippen molar-refractivity contribution in [2.75, 3.05) is 7.05 Å². The van der Waals surface area contributed by atoms with Crippen LogP contribution in [0.1, 0.15) is 12.6 Å².